The van der Waals surface area contributed by atoms with Crippen molar-refractivity contribution in [2.75, 3.05) is 11.9 Å². The van der Waals surface area contributed by atoms with Crippen LogP contribution in [0.3, 0.4) is 0 Å². The molecule has 1 aromatic carbocycles. The number of anilines is 1. The van der Waals surface area contributed by atoms with Gasteiger partial charge >= 0.3 is 0 Å². The number of benzene rings is 1. The van der Waals surface area contributed by atoms with Gasteiger partial charge in [-0.15, -0.1) is 10.2 Å². The van der Waals surface area contributed by atoms with Crippen molar-refractivity contribution in [3.05, 3.63) is 41.7 Å². The van der Waals surface area contributed by atoms with Crippen LogP contribution in [-0.2, 0) is 6.54 Å². The highest BCUT2D eigenvalue weighted by Crippen LogP contribution is 2.20. The number of hydrogen-bond donors (Lipinski definition) is 2. The Bertz CT molecular complexity index is 491. The van der Waals surface area contributed by atoms with Crippen molar-refractivity contribution in [2.45, 2.75) is 26.4 Å². The number of hydrogen-bond acceptors (Lipinski definition) is 4. The predicted molar refractivity (Wildman–Crippen MR) is 72.3 cm³/mol. The van der Waals surface area contributed by atoms with E-state index in [1.807, 2.05) is 41.8 Å². The van der Waals surface area contributed by atoms with Gasteiger partial charge in [0.1, 0.15) is 0 Å². The first-order valence-electron chi connectivity index (χ1n) is 6.25. The summed E-state index contributed by atoms with van der Waals surface area (Å²) in [7, 11) is 0. The summed E-state index contributed by atoms with van der Waals surface area (Å²) in [6.07, 6.45) is 0. The molecular formula is C13H19N5. The smallest absolute Gasteiger partial charge is 0.224 e. The van der Waals surface area contributed by atoms with E-state index in [1.54, 1.807) is 0 Å². The Balaban J connectivity index is 2.33. The zero-order chi connectivity index (χ0) is 13.0. The second kappa shape index (κ2) is 5.64. The van der Waals surface area contributed by atoms with Crippen LogP contribution in [0.15, 0.2) is 30.3 Å². The second-order valence-electron chi connectivity index (χ2n) is 4.04. The Morgan fingerprint density at radius 3 is 2.56 bits per heavy atom. The minimum absolute atomic E-state index is 0.244. The summed E-state index contributed by atoms with van der Waals surface area (Å²) in [5.74, 6) is 1.57. The van der Waals surface area contributed by atoms with E-state index in [0.29, 0.717) is 0 Å². The lowest BCUT2D eigenvalue weighted by atomic mass is 10.1. The fourth-order valence-corrected chi connectivity index (χ4v) is 1.96. The fraction of sp³-hybridized carbons (Fsp3) is 0.385. The van der Waals surface area contributed by atoms with E-state index in [4.69, 9.17) is 5.73 Å². The number of aromatic nitrogens is 3. The highest BCUT2D eigenvalue weighted by molar-refractivity contribution is 5.30. The SMILES string of the molecule is CCNc1nnc([C@@H](N)c2ccccc2)n1CC. The van der Waals surface area contributed by atoms with Crippen molar-refractivity contribution in [1.29, 1.82) is 0 Å². The highest BCUT2D eigenvalue weighted by atomic mass is 15.4. The molecular weight excluding hydrogens is 226 g/mol. The molecule has 5 nitrogen and oxygen atoms in total. The monoisotopic (exact) mass is 245 g/mol. The summed E-state index contributed by atoms with van der Waals surface area (Å²) in [5, 5.41) is 11.5. The first-order chi connectivity index (χ1) is 8.77. The largest absolute Gasteiger partial charge is 0.355 e. The van der Waals surface area contributed by atoms with Crippen LogP contribution in [0.5, 0.6) is 0 Å². The third-order valence-corrected chi connectivity index (χ3v) is 2.87. The van der Waals surface area contributed by atoms with Gasteiger partial charge in [-0.2, -0.15) is 0 Å². The first kappa shape index (κ1) is 12.6. The maximum Gasteiger partial charge on any atom is 0.224 e. The van der Waals surface area contributed by atoms with Crippen LogP contribution in [0, 0.1) is 0 Å². The maximum atomic E-state index is 6.25. The molecule has 0 fully saturated rings. The molecule has 0 bridgehead atoms. The topological polar surface area (TPSA) is 68.8 Å². The summed E-state index contributed by atoms with van der Waals surface area (Å²) >= 11 is 0. The predicted octanol–water partition coefficient (Wildman–Crippen LogP) is 1.78. The molecule has 2 aromatic rings. The van der Waals surface area contributed by atoms with Gasteiger partial charge in [0.05, 0.1) is 6.04 Å². The quantitative estimate of drug-likeness (QED) is 0.842. The zero-order valence-electron chi connectivity index (χ0n) is 10.8. The molecule has 2 rings (SSSR count). The van der Waals surface area contributed by atoms with Crippen LogP contribution >= 0.6 is 0 Å². The lowest BCUT2D eigenvalue weighted by molar-refractivity contribution is 0.659. The van der Waals surface area contributed by atoms with Crippen molar-refractivity contribution in [3.63, 3.8) is 0 Å². The molecule has 1 atom stereocenters. The minimum atomic E-state index is -0.244. The first-order valence-corrected chi connectivity index (χ1v) is 6.25. The molecule has 0 spiro atoms. The standard InChI is InChI=1S/C13H19N5/c1-3-15-13-17-16-12(18(13)4-2)11(14)10-8-6-5-7-9-10/h5-9,11H,3-4,14H2,1-2H3,(H,15,17)/t11-/m0/s1. The normalized spacial score (nSPS) is 12.4. The van der Waals surface area contributed by atoms with Gasteiger partial charge in [0, 0.05) is 13.1 Å². The Kier molecular flexibility index (Phi) is 3.94. The second-order valence-corrected chi connectivity index (χ2v) is 4.04. The summed E-state index contributed by atoms with van der Waals surface area (Å²) in [6, 6.07) is 9.70. The molecule has 0 radical (unpaired) electrons. The summed E-state index contributed by atoms with van der Waals surface area (Å²) in [6.45, 7) is 5.71. The van der Waals surface area contributed by atoms with E-state index in [9.17, 15) is 0 Å². The molecule has 0 amide bonds. The minimum Gasteiger partial charge on any atom is -0.355 e. The highest BCUT2D eigenvalue weighted by Gasteiger charge is 2.18. The van der Waals surface area contributed by atoms with Crippen LogP contribution in [-0.4, -0.2) is 21.3 Å². The van der Waals surface area contributed by atoms with Gasteiger partial charge in [0.25, 0.3) is 0 Å². The molecule has 1 aromatic heterocycles. The Morgan fingerprint density at radius 1 is 1.22 bits per heavy atom. The molecule has 0 unspecified atom stereocenters. The van der Waals surface area contributed by atoms with Crippen molar-refractivity contribution >= 4 is 5.95 Å². The third kappa shape index (κ3) is 2.36. The van der Waals surface area contributed by atoms with Gasteiger partial charge in [-0.1, -0.05) is 30.3 Å². The molecule has 0 saturated carbocycles. The van der Waals surface area contributed by atoms with E-state index >= 15 is 0 Å². The van der Waals surface area contributed by atoms with Gasteiger partial charge in [0.2, 0.25) is 5.95 Å². The van der Waals surface area contributed by atoms with Crippen LogP contribution < -0.4 is 11.1 Å². The Labute approximate surface area is 107 Å². The van der Waals surface area contributed by atoms with Crippen molar-refractivity contribution in [2.24, 2.45) is 5.73 Å². The molecule has 3 N–H and O–H groups in total. The molecule has 0 aliphatic heterocycles. The van der Waals surface area contributed by atoms with E-state index in [2.05, 4.69) is 22.4 Å². The fourth-order valence-electron chi connectivity index (χ4n) is 1.96. The van der Waals surface area contributed by atoms with Gasteiger partial charge < -0.3 is 11.1 Å². The van der Waals surface area contributed by atoms with E-state index < -0.39 is 0 Å². The van der Waals surface area contributed by atoms with Crippen LogP contribution in [0.4, 0.5) is 5.95 Å². The molecule has 0 aliphatic carbocycles. The zero-order valence-corrected chi connectivity index (χ0v) is 10.8. The number of nitrogens with zero attached hydrogens (tertiary/aromatic N) is 3. The van der Waals surface area contributed by atoms with Crippen LogP contribution in [0.25, 0.3) is 0 Å². The molecule has 0 saturated heterocycles. The van der Waals surface area contributed by atoms with Gasteiger partial charge in [-0.3, -0.25) is 4.57 Å². The van der Waals surface area contributed by atoms with Crippen molar-refractivity contribution in [1.82, 2.24) is 14.8 Å². The van der Waals surface area contributed by atoms with E-state index in [0.717, 1.165) is 30.4 Å². The van der Waals surface area contributed by atoms with E-state index in [1.165, 1.54) is 0 Å². The third-order valence-electron chi connectivity index (χ3n) is 2.87. The molecule has 1 heterocycles. The van der Waals surface area contributed by atoms with Crippen molar-refractivity contribution in [3.8, 4) is 0 Å². The molecule has 0 aliphatic rings. The van der Waals surface area contributed by atoms with E-state index in [-0.39, 0.29) is 6.04 Å². The molecule has 5 heteroatoms. The maximum absolute atomic E-state index is 6.25. The molecule has 96 valence electrons. The summed E-state index contributed by atoms with van der Waals surface area (Å²) < 4.78 is 2.02. The van der Waals surface area contributed by atoms with Gasteiger partial charge in [0.15, 0.2) is 5.82 Å². The van der Waals surface area contributed by atoms with Gasteiger partial charge in [-0.05, 0) is 19.4 Å². The number of nitrogens with two attached hydrogens (primary N) is 1. The average molecular weight is 245 g/mol. The summed E-state index contributed by atoms with van der Waals surface area (Å²) in [5.41, 5.74) is 7.30. The lowest BCUT2D eigenvalue weighted by Crippen LogP contribution is -2.18. The number of rotatable bonds is 5. The lowest BCUT2D eigenvalue weighted by Gasteiger charge is -2.13. The number of nitrogens with one attached hydrogen (secondary N) is 1. The van der Waals surface area contributed by atoms with Crippen LogP contribution in [0.1, 0.15) is 31.3 Å². The Hall–Kier alpha value is -1.88. The van der Waals surface area contributed by atoms with Crippen molar-refractivity contribution < 1.29 is 0 Å². The average Bonchev–Trinajstić information content (AvgIpc) is 2.82. The summed E-state index contributed by atoms with van der Waals surface area (Å²) in [4.78, 5) is 0. The van der Waals surface area contributed by atoms with Crippen LogP contribution in [0.2, 0.25) is 0 Å². The molecule has 18 heavy (non-hydrogen) atoms. The Morgan fingerprint density at radius 2 is 1.94 bits per heavy atom. The van der Waals surface area contributed by atoms with Gasteiger partial charge in [-0.25, -0.2) is 0 Å².